The van der Waals surface area contributed by atoms with Crippen LogP contribution in [0.25, 0.3) is 0 Å². The zero-order valence-electron chi connectivity index (χ0n) is 5.65. The quantitative estimate of drug-likeness (QED) is 0.589. The Bertz CT molecular complexity index is 179. The third-order valence-electron chi connectivity index (χ3n) is 1.42. The monoisotopic (exact) mass is 180 g/mol. The molecule has 0 atom stereocenters. The molecule has 0 radical (unpaired) electrons. The maximum absolute atomic E-state index is 10.5. The second-order valence-electron chi connectivity index (χ2n) is 2.09. The lowest BCUT2D eigenvalue weighted by Crippen LogP contribution is -2.18. The maximum Gasteiger partial charge on any atom is 0.379 e. The van der Waals surface area contributed by atoms with E-state index in [0.29, 0.717) is 6.42 Å². The van der Waals surface area contributed by atoms with Crippen LogP contribution in [0, 0.1) is 0 Å². The van der Waals surface area contributed by atoms with Crippen molar-refractivity contribution in [3.05, 3.63) is 0 Å². The highest BCUT2D eigenvalue weighted by Crippen LogP contribution is 2.54. The zero-order valence-corrected chi connectivity index (χ0v) is 6.47. The highest BCUT2D eigenvalue weighted by Gasteiger charge is 2.44. The van der Waals surface area contributed by atoms with E-state index in [1.165, 1.54) is 0 Å². The molecule has 0 aromatic rings. The standard InChI is InChI=1S/C5H8O5S/c6-4(7)11(5(8)9)3-1-2-10-11/h1-3H2,(H,6,7)(H,8,9). The Morgan fingerprint density at radius 3 is 2.00 bits per heavy atom. The van der Waals surface area contributed by atoms with Gasteiger partial charge in [-0.2, -0.15) is 0 Å². The first kappa shape index (κ1) is 8.35. The summed E-state index contributed by atoms with van der Waals surface area (Å²) in [5.41, 5.74) is 0. The molecule has 0 spiro atoms. The van der Waals surface area contributed by atoms with Gasteiger partial charge < -0.3 is 14.4 Å². The molecular weight excluding hydrogens is 172 g/mol. The van der Waals surface area contributed by atoms with Crippen molar-refractivity contribution in [3.8, 4) is 0 Å². The van der Waals surface area contributed by atoms with E-state index in [2.05, 4.69) is 0 Å². The molecule has 1 aliphatic heterocycles. The fraction of sp³-hybridized carbons (Fsp3) is 0.600. The maximum atomic E-state index is 10.5. The van der Waals surface area contributed by atoms with Crippen LogP contribution in [0.3, 0.4) is 0 Å². The Hall–Kier alpha value is -0.750. The number of carbonyl (C=O) groups is 2. The summed E-state index contributed by atoms with van der Waals surface area (Å²) in [6.07, 6.45) is 0.522. The van der Waals surface area contributed by atoms with Crippen molar-refractivity contribution in [1.82, 2.24) is 0 Å². The average molecular weight is 180 g/mol. The van der Waals surface area contributed by atoms with Gasteiger partial charge >= 0.3 is 10.6 Å². The molecule has 5 nitrogen and oxygen atoms in total. The number of hydrogen-bond donors (Lipinski definition) is 2. The Balaban J connectivity index is 2.87. The van der Waals surface area contributed by atoms with E-state index < -0.39 is 20.9 Å². The van der Waals surface area contributed by atoms with Crippen molar-refractivity contribution in [2.45, 2.75) is 6.42 Å². The molecule has 1 fully saturated rings. The molecule has 0 amide bonds. The number of carboxylic acid groups (broad SMARTS) is 2. The van der Waals surface area contributed by atoms with Gasteiger partial charge in [-0.05, 0) is 6.42 Å². The van der Waals surface area contributed by atoms with Crippen molar-refractivity contribution < 1.29 is 24.0 Å². The van der Waals surface area contributed by atoms with Gasteiger partial charge in [-0.1, -0.05) is 0 Å². The number of hydrogen-bond acceptors (Lipinski definition) is 3. The van der Waals surface area contributed by atoms with Gasteiger partial charge in [0.15, 0.2) is 0 Å². The molecule has 1 rings (SSSR count). The largest absolute Gasteiger partial charge is 0.472 e. The van der Waals surface area contributed by atoms with Crippen LogP contribution in [-0.2, 0) is 4.18 Å². The fourth-order valence-corrected chi connectivity index (χ4v) is 2.62. The minimum atomic E-state index is -2.86. The molecule has 0 aromatic carbocycles. The van der Waals surface area contributed by atoms with Gasteiger partial charge in [0.25, 0.3) is 0 Å². The minimum absolute atomic E-state index is 0.137. The van der Waals surface area contributed by atoms with Crippen LogP contribution in [0.5, 0.6) is 0 Å². The lowest BCUT2D eigenvalue weighted by molar-refractivity contribution is 0.209. The predicted molar refractivity (Wildman–Crippen MR) is 39.1 cm³/mol. The van der Waals surface area contributed by atoms with E-state index in [1.54, 1.807) is 0 Å². The molecule has 64 valence electrons. The molecule has 1 heterocycles. The first-order valence-electron chi connectivity index (χ1n) is 3.01. The highest BCUT2D eigenvalue weighted by molar-refractivity contribution is 8.51. The number of rotatable bonds is 0. The Kier molecular flexibility index (Phi) is 2.05. The summed E-state index contributed by atoms with van der Waals surface area (Å²) in [6.45, 7) is 0.244. The topological polar surface area (TPSA) is 83.8 Å². The molecule has 0 saturated carbocycles. The summed E-state index contributed by atoms with van der Waals surface area (Å²) in [5, 5.41) is 14.5. The second-order valence-corrected chi connectivity index (χ2v) is 4.78. The molecule has 0 aliphatic carbocycles. The Morgan fingerprint density at radius 1 is 1.27 bits per heavy atom. The molecule has 11 heavy (non-hydrogen) atoms. The van der Waals surface area contributed by atoms with Crippen LogP contribution in [0.4, 0.5) is 9.59 Å². The predicted octanol–water partition coefficient (Wildman–Crippen LogP) is 1.48. The average Bonchev–Trinajstić information content (AvgIpc) is 2.34. The van der Waals surface area contributed by atoms with Crippen LogP contribution < -0.4 is 0 Å². The third-order valence-corrected chi connectivity index (χ3v) is 3.99. The Morgan fingerprint density at radius 2 is 1.82 bits per heavy atom. The molecule has 0 unspecified atom stereocenters. The van der Waals surface area contributed by atoms with Crippen molar-refractivity contribution in [1.29, 1.82) is 0 Å². The van der Waals surface area contributed by atoms with Crippen LogP contribution in [-0.4, -0.2) is 33.2 Å². The molecule has 1 aliphatic rings. The van der Waals surface area contributed by atoms with E-state index in [4.69, 9.17) is 14.4 Å². The van der Waals surface area contributed by atoms with Crippen molar-refractivity contribution >= 4 is 20.9 Å². The van der Waals surface area contributed by atoms with Gasteiger partial charge in [0.1, 0.15) is 0 Å². The van der Waals surface area contributed by atoms with Crippen LogP contribution in [0.1, 0.15) is 6.42 Å². The first-order chi connectivity index (χ1) is 5.09. The molecule has 0 bridgehead atoms. The van der Waals surface area contributed by atoms with Crippen molar-refractivity contribution in [2.24, 2.45) is 0 Å². The van der Waals surface area contributed by atoms with Crippen LogP contribution in [0.2, 0.25) is 0 Å². The molecule has 1 saturated heterocycles. The van der Waals surface area contributed by atoms with Gasteiger partial charge in [-0.25, -0.2) is 9.59 Å². The summed E-state index contributed by atoms with van der Waals surface area (Å²) in [5.74, 6) is 0.137. The molecule has 6 heteroatoms. The van der Waals surface area contributed by atoms with Crippen LogP contribution >= 0.6 is 10.3 Å². The second kappa shape index (κ2) is 2.71. The van der Waals surface area contributed by atoms with Gasteiger partial charge in [-0.15, -0.1) is 0 Å². The smallest absolute Gasteiger partial charge is 0.379 e. The van der Waals surface area contributed by atoms with E-state index >= 15 is 0 Å². The minimum Gasteiger partial charge on any atom is -0.472 e. The van der Waals surface area contributed by atoms with E-state index in [-0.39, 0.29) is 12.4 Å². The van der Waals surface area contributed by atoms with E-state index in [9.17, 15) is 9.59 Å². The highest BCUT2D eigenvalue weighted by atomic mass is 32.3. The van der Waals surface area contributed by atoms with Gasteiger partial charge in [-0.3, -0.25) is 0 Å². The van der Waals surface area contributed by atoms with Gasteiger partial charge in [0.05, 0.1) is 16.9 Å². The molecule has 0 aromatic heterocycles. The first-order valence-corrected chi connectivity index (χ1v) is 4.73. The van der Waals surface area contributed by atoms with Gasteiger partial charge in [0, 0.05) is 5.75 Å². The fourth-order valence-electron chi connectivity index (χ4n) is 0.872. The van der Waals surface area contributed by atoms with Crippen LogP contribution in [0.15, 0.2) is 0 Å². The summed E-state index contributed by atoms with van der Waals surface area (Å²) in [7, 11) is -2.86. The SMILES string of the molecule is O=C(O)S1(C(=O)O)CCCO1. The van der Waals surface area contributed by atoms with Crippen molar-refractivity contribution in [3.63, 3.8) is 0 Å². The summed E-state index contributed by atoms with van der Waals surface area (Å²) in [6, 6.07) is 0. The van der Waals surface area contributed by atoms with Crippen molar-refractivity contribution in [2.75, 3.05) is 12.4 Å². The lowest BCUT2D eigenvalue weighted by atomic mass is 10.5. The molecular formula is C5H8O5S. The summed E-state index contributed by atoms with van der Waals surface area (Å²) >= 11 is 0. The third kappa shape index (κ3) is 1.19. The van der Waals surface area contributed by atoms with E-state index in [0.717, 1.165) is 0 Å². The Labute approximate surface area is 64.5 Å². The van der Waals surface area contributed by atoms with E-state index in [1.807, 2.05) is 0 Å². The van der Waals surface area contributed by atoms with Gasteiger partial charge in [0.2, 0.25) is 0 Å². The molecule has 2 N–H and O–H groups in total. The lowest BCUT2D eigenvalue weighted by Gasteiger charge is -2.22. The zero-order chi connectivity index (χ0) is 8.48. The summed E-state index contributed by atoms with van der Waals surface area (Å²) < 4.78 is 4.75. The summed E-state index contributed by atoms with van der Waals surface area (Å²) in [4.78, 5) is 21.0. The normalized spacial score (nSPS) is 24.4.